The maximum Gasteiger partial charge on any atom is 0.103 e. The van der Waals surface area contributed by atoms with E-state index in [4.69, 9.17) is 4.74 Å². The molecule has 0 atom stereocenters. The fourth-order valence-corrected chi connectivity index (χ4v) is 2.02. The van der Waals surface area contributed by atoms with Gasteiger partial charge < -0.3 is 4.74 Å². The van der Waals surface area contributed by atoms with Gasteiger partial charge in [0.1, 0.15) is 4.61 Å². The number of aromatic nitrogens is 2. The zero-order valence-corrected chi connectivity index (χ0v) is 9.04. The predicted molar refractivity (Wildman–Crippen MR) is 54.5 cm³/mol. The highest BCUT2D eigenvalue weighted by Gasteiger charge is 2.12. The van der Waals surface area contributed by atoms with Crippen molar-refractivity contribution in [1.29, 1.82) is 0 Å². The Bertz CT molecular complexity index is 343. The molecule has 0 aliphatic carbocycles. The maximum atomic E-state index is 5.03. The number of hydrogen-bond donors (Lipinski definition) is 0. The van der Waals surface area contributed by atoms with E-state index < -0.39 is 0 Å². The van der Waals surface area contributed by atoms with Gasteiger partial charge in [-0.2, -0.15) is 5.10 Å². The number of rotatable bonds is 2. The Morgan fingerprint density at radius 2 is 2.54 bits per heavy atom. The summed E-state index contributed by atoms with van der Waals surface area (Å²) in [4.78, 5) is 0. The maximum absolute atomic E-state index is 5.03. The molecule has 1 aromatic heterocycles. The Balaban J connectivity index is 2.33. The summed E-state index contributed by atoms with van der Waals surface area (Å²) in [7, 11) is 1.68. The van der Waals surface area contributed by atoms with Gasteiger partial charge in [-0.15, -0.1) is 0 Å². The highest BCUT2D eigenvalue weighted by Crippen LogP contribution is 2.23. The molecular formula is C9H11BrN2O. The zero-order chi connectivity index (χ0) is 9.26. The van der Waals surface area contributed by atoms with Gasteiger partial charge in [-0.05, 0) is 34.8 Å². The van der Waals surface area contributed by atoms with E-state index in [-0.39, 0.29) is 0 Å². The highest BCUT2D eigenvalue weighted by molar-refractivity contribution is 9.14. The van der Waals surface area contributed by atoms with Gasteiger partial charge in [-0.1, -0.05) is 6.08 Å². The summed E-state index contributed by atoms with van der Waals surface area (Å²) in [6, 6.07) is 2.09. The minimum atomic E-state index is 0.584. The number of methoxy groups -OCH3 is 1. The van der Waals surface area contributed by atoms with Crippen LogP contribution in [0.3, 0.4) is 0 Å². The molecule has 0 amide bonds. The van der Waals surface area contributed by atoms with Crippen molar-refractivity contribution >= 4 is 20.5 Å². The van der Waals surface area contributed by atoms with E-state index in [0.717, 1.165) is 23.1 Å². The summed E-state index contributed by atoms with van der Waals surface area (Å²) in [6.45, 7) is 0.584. The summed E-state index contributed by atoms with van der Waals surface area (Å²) in [5.41, 5.74) is 2.24. The van der Waals surface area contributed by atoms with Crippen molar-refractivity contribution in [3.8, 4) is 0 Å². The molecule has 0 saturated carbocycles. The van der Waals surface area contributed by atoms with E-state index in [9.17, 15) is 0 Å². The number of ether oxygens (including phenoxy) is 1. The van der Waals surface area contributed by atoms with Crippen LogP contribution in [0.2, 0.25) is 0 Å². The first-order valence-corrected chi connectivity index (χ1v) is 5.03. The molecule has 0 unspecified atom stereocenters. The lowest BCUT2D eigenvalue weighted by Gasteiger charge is -2.09. The fourth-order valence-electron chi connectivity index (χ4n) is 1.48. The molecule has 1 aromatic rings. The molecule has 0 bridgehead atoms. The van der Waals surface area contributed by atoms with E-state index in [1.54, 1.807) is 7.11 Å². The van der Waals surface area contributed by atoms with Gasteiger partial charge >= 0.3 is 0 Å². The second-order valence-electron chi connectivity index (χ2n) is 3.04. The SMILES string of the molecule is COCc1cc2n(n1)C(Br)=CCC2. The number of hydrogen-bond acceptors (Lipinski definition) is 2. The summed E-state index contributed by atoms with van der Waals surface area (Å²) >= 11 is 3.47. The largest absolute Gasteiger partial charge is 0.378 e. The minimum absolute atomic E-state index is 0.584. The number of aryl methyl sites for hydroxylation is 1. The molecule has 1 aliphatic heterocycles. The highest BCUT2D eigenvalue weighted by atomic mass is 79.9. The van der Waals surface area contributed by atoms with Crippen LogP contribution in [0.4, 0.5) is 0 Å². The molecule has 0 saturated heterocycles. The Hall–Kier alpha value is -0.610. The first-order chi connectivity index (χ1) is 6.31. The topological polar surface area (TPSA) is 27.1 Å². The van der Waals surface area contributed by atoms with E-state index in [1.165, 1.54) is 5.69 Å². The molecule has 0 spiro atoms. The van der Waals surface area contributed by atoms with Crippen LogP contribution in [-0.2, 0) is 17.8 Å². The lowest BCUT2D eigenvalue weighted by atomic mass is 10.2. The van der Waals surface area contributed by atoms with Crippen LogP contribution in [0.5, 0.6) is 0 Å². The molecule has 1 aliphatic rings. The third kappa shape index (κ3) is 1.69. The molecule has 0 fully saturated rings. The minimum Gasteiger partial charge on any atom is -0.378 e. The van der Waals surface area contributed by atoms with Gasteiger partial charge in [0, 0.05) is 12.8 Å². The van der Waals surface area contributed by atoms with Crippen molar-refractivity contribution in [2.24, 2.45) is 0 Å². The standard InChI is InChI=1S/C9H11BrN2O/c1-13-6-7-5-8-3-2-4-9(10)12(8)11-7/h4-5H,2-3,6H2,1H3. The van der Waals surface area contributed by atoms with Crippen molar-refractivity contribution in [3.63, 3.8) is 0 Å². The van der Waals surface area contributed by atoms with Gasteiger partial charge in [0.2, 0.25) is 0 Å². The van der Waals surface area contributed by atoms with Crippen molar-refractivity contribution in [2.75, 3.05) is 7.11 Å². The quantitative estimate of drug-likeness (QED) is 0.795. The Morgan fingerprint density at radius 3 is 3.23 bits per heavy atom. The molecule has 0 aromatic carbocycles. The molecule has 2 heterocycles. The molecule has 70 valence electrons. The number of halogens is 1. The van der Waals surface area contributed by atoms with E-state index in [2.05, 4.69) is 33.2 Å². The average Bonchev–Trinajstić information content (AvgIpc) is 2.49. The van der Waals surface area contributed by atoms with Crippen molar-refractivity contribution in [3.05, 3.63) is 23.5 Å². The van der Waals surface area contributed by atoms with Gasteiger partial charge in [-0.25, -0.2) is 4.68 Å². The third-order valence-electron chi connectivity index (χ3n) is 2.04. The van der Waals surface area contributed by atoms with Crippen LogP contribution in [0, 0.1) is 0 Å². The molecule has 3 nitrogen and oxygen atoms in total. The van der Waals surface area contributed by atoms with Crippen LogP contribution in [0.15, 0.2) is 12.1 Å². The van der Waals surface area contributed by atoms with Crippen LogP contribution >= 0.6 is 15.9 Å². The second kappa shape index (κ2) is 3.64. The van der Waals surface area contributed by atoms with Crippen molar-refractivity contribution in [2.45, 2.75) is 19.4 Å². The summed E-state index contributed by atoms with van der Waals surface area (Å²) in [6.07, 6.45) is 4.28. The Morgan fingerprint density at radius 1 is 1.69 bits per heavy atom. The lowest BCUT2D eigenvalue weighted by Crippen LogP contribution is -2.04. The molecule has 2 rings (SSSR count). The van der Waals surface area contributed by atoms with Crippen LogP contribution in [0.25, 0.3) is 4.61 Å². The van der Waals surface area contributed by atoms with E-state index >= 15 is 0 Å². The number of fused-ring (bicyclic) bond motifs is 1. The second-order valence-corrected chi connectivity index (χ2v) is 3.85. The average molecular weight is 243 g/mol. The van der Waals surface area contributed by atoms with Crippen LogP contribution < -0.4 is 0 Å². The smallest absolute Gasteiger partial charge is 0.103 e. The lowest BCUT2D eigenvalue weighted by molar-refractivity contribution is 0.181. The summed E-state index contributed by atoms with van der Waals surface area (Å²) in [5.74, 6) is 0. The monoisotopic (exact) mass is 242 g/mol. The van der Waals surface area contributed by atoms with Crippen molar-refractivity contribution < 1.29 is 4.74 Å². The van der Waals surface area contributed by atoms with Crippen molar-refractivity contribution in [1.82, 2.24) is 9.78 Å². The molecule has 4 heteroatoms. The molecule has 13 heavy (non-hydrogen) atoms. The normalized spacial score (nSPS) is 15.4. The molecular weight excluding hydrogens is 232 g/mol. The Labute approximate surface area is 85.5 Å². The van der Waals surface area contributed by atoms with E-state index in [1.807, 2.05) is 4.68 Å². The summed E-state index contributed by atoms with van der Waals surface area (Å²) in [5, 5.41) is 4.40. The summed E-state index contributed by atoms with van der Waals surface area (Å²) < 4.78 is 8.00. The number of nitrogens with zero attached hydrogens (tertiary/aromatic N) is 2. The fraction of sp³-hybridized carbons (Fsp3) is 0.444. The first kappa shape index (κ1) is 8.97. The van der Waals surface area contributed by atoms with Gasteiger partial charge in [0.05, 0.1) is 12.3 Å². The van der Waals surface area contributed by atoms with Crippen LogP contribution in [-0.4, -0.2) is 16.9 Å². The van der Waals surface area contributed by atoms with Gasteiger partial charge in [0.15, 0.2) is 0 Å². The van der Waals surface area contributed by atoms with E-state index in [0.29, 0.717) is 6.61 Å². The predicted octanol–water partition coefficient (Wildman–Crippen LogP) is 2.17. The van der Waals surface area contributed by atoms with Gasteiger partial charge in [0.25, 0.3) is 0 Å². The number of allylic oxidation sites excluding steroid dienone is 1. The zero-order valence-electron chi connectivity index (χ0n) is 7.46. The van der Waals surface area contributed by atoms with Crippen LogP contribution in [0.1, 0.15) is 17.8 Å². The van der Waals surface area contributed by atoms with Gasteiger partial charge in [-0.3, -0.25) is 0 Å². The first-order valence-electron chi connectivity index (χ1n) is 4.24. The molecule has 0 radical (unpaired) electrons. The Kier molecular flexibility index (Phi) is 2.51. The molecule has 0 N–H and O–H groups in total. The third-order valence-corrected chi connectivity index (χ3v) is 2.70.